The van der Waals surface area contributed by atoms with Gasteiger partial charge in [-0.05, 0) is 48.5 Å². The van der Waals surface area contributed by atoms with E-state index in [-0.39, 0.29) is 28.8 Å². The van der Waals surface area contributed by atoms with E-state index < -0.39 is 20.0 Å². The number of hydrogen-bond acceptors (Lipinski definition) is 5. The number of halogens is 1. The third kappa shape index (κ3) is 6.29. The molecule has 0 aliphatic heterocycles. The van der Waals surface area contributed by atoms with E-state index in [4.69, 9.17) is 11.6 Å². The molecule has 2 aromatic rings. The zero-order valence-corrected chi connectivity index (χ0v) is 16.7. The summed E-state index contributed by atoms with van der Waals surface area (Å²) >= 11 is 5.72. The summed E-state index contributed by atoms with van der Waals surface area (Å²) in [7, 11) is -7.57. The van der Waals surface area contributed by atoms with Gasteiger partial charge in [0.05, 0.1) is 9.79 Å². The van der Waals surface area contributed by atoms with Crippen molar-refractivity contribution in [1.29, 1.82) is 0 Å². The standard InChI is InChI=1S/C16H18ClN3O5S2/c1-12(21)20-14-4-8-16(9-5-14)27(24,25)19-11-10-18-26(22,23)15-6-2-13(17)3-7-15/h2-9,18-19H,10-11H2,1H3,(H,20,21). The van der Waals surface area contributed by atoms with E-state index in [2.05, 4.69) is 14.8 Å². The molecule has 0 heterocycles. The van der Waals surface area contributed by atoms with Crippen LogP contribution < -0.4 is 14.8 Å². The van der Waals surface area contributed by atoms with Crippen LogP contribution in [-0.4, -0.2) is 35.8 Å². The van der Waals surface area contributed by atoms with Crippen LogP contribution in [0.15, 0.2) is 58.3 Å². The van der Waals surface area contributed by atoms with E-state index in [1.165, 1.54) is 55.5 Å². The first-order chi connectivity index (χ1) is 12.6. The fraction of sp³-hybridized carbons (Fsp3) is 0.188. The van der Waals surface area contributed by atoms with E-state index in [1.807, 2.05) is 0 Å². The highest BCUT2D eigenvalue weighted by atomic mass is 35.5. The van der Waals surface area contributed by atoms with Gasteiger partial charge in [0.15, 0.2) is 0 Å². The molecule has 27 heavy (non-hydrogen) atoms. The molecule has 0 unspecified atom stereocenters. The first kappa shape index (κ1) is 21.3. The summed E-state index contributed by atoms with van der Waals surface area (Å²) in [6, 6.07) is 11.2. The Morgan fingerprint density at radius 2 is 1.22 bits per heavy atom. The lowest BCUT2D eigenvalue weighted by atomic mass is 10.3. The topological polar surface area (TPSA) is 121 Å². The average molecular weight is 432 g/mol. The van der Waals surface area contributed by atoms with Gasteiger partial charge >= 0.3 is 0 Å². The molecule has 146 valence electrons. The number of nitrogens with one attached hydrogen (secondary N) is 3. The maximum atomic E-state index is 12.2. The summed E-state index contributed by atoms with van der Waals surface area (Å²) in [5.74, 6) is -0.267. The third-order valence-electron chi connectivity index (χ3n) is 3.32. The number of carbonyl (C=O) groups excluding carboxylic acids is 1. The summed E-state index contributed by atoms with van der Waals surface area (Å²) in [5.41, 5.74) is 0.470. The quantitative estimate of drug-likeness (QED) is 0.547. The van der Waals surface area contributed by atoms with Crippen molar-refractivity contribution < 1.29 is 21.6 Å². The van der Waals surface area contributed by atoms with Gasteiger partial charge in [-0.3, -0.25) is 4.79 Å². The molecule has 1 amide bonds. The molecule has 0 saturated heterocycles. The van der Waals surface area contributed by atoms with Crippen LogP contribution in [-0.2, 0) is 24.8 Å². The average Bonchev–Trinajstić information content (AvgIpc) is 2.59. The molecule has 11 heteroatoms. The number of benzene rings is 2. The van der Waals surface area contributed by atoms with Gasteiger partial charge in [-0.25, -0.2) is 26.3 Å². The molecule has 0 aliphatic carbocycles. The van der Waals surface area contributed by atoms with Gasteiger partial charge < -0.3 is 5.32 Å². The summed E-state index contributed by atoms with van der Waals surface area (Å²) in [6.45, 7) is 1.08. The molecular formula is C16H18ClN3O5S2. The van der Waals surface area contributed by atoms with Gasteiger partial charge in [0, 0.05) is 30.7 Å². The second-order valence-electron chi connectivity index (χ2n) is 5.46. The molecule has 8 nitrogen and oxygen atoms in total. The minimum atomic E-state index is -3.81. The monoisotopic (exact) mass is 431 g/mol. The van der Waals surface area contributed by atoms with E-state index in [0.717, 1.165) is 0 Å². The van der Waals surface area contributed by atoms with E-state index in [9.17, 15) is 21.6 Å². The van der Waals surface area contributed by atoms with Crippen molar-refractivity contribution in [3.63, 3.8) is 0 Å². The predicted molar refractivity (Wildman–Crippen MR) is 103 cm³/mol. The fourth-order valence-electron chi connectivity index (χ4n) is 2.07. The zero-order chi connectivity index (χ0) is 20.1. The SMILES string of the molecule is CC(=O)Nc1ccc(S(=O)(=O)NCCNS(=O)(=O)c2ccc(Cl)cc2)cc1. The van der Waals surface area contributed by atoms with Crippen LogP contribution in [0.5, 0.6) is 0 Å². The van der Waals surface area contributed by atoms with Crippen molar-refractivity contribution in [2.24, 2.45) is 0 Å². The van der Waals surface area contributed by atoms with Crippen molar-refractivity contribution in [3.05, 3.63) is 53.6 Å². The van der Waals surface area contributed by atoms with Crippen molar-refractivity contribution >= 4 is 43.2 Å². The number of anilines is 1. The minimum Gasteiger partial charge on any atom is -0.326 e. The lowest BCUT2D eigenvalue weighted by Crippen LogP contribution is -2.34. The van der Waals surface area contributed by atoms with Gasteiger partial charge in [0.1, 0.15) is 0 Å². The number of hydrogen-bond donors (Lipinski definition) is 3. The molecule has 2 rings (SSSR count). The smallest absolute Gasteiger partial charge is 0.240 e. The summed E-state index contributed by atoms with van der Waals surface area (Å²) in [4.78, 5) is 11.0. The van der Waals surface area contributed by atoms with Gasteiger partial charge in [-0.2, -0.15) is 0 Å². The Bertz CT molecular complexity index is 1010. The molecule has 0 atom stereocenters. The lowest BCUT2D eigenvalue weighted by Gasteiger charge is -2.09. The van der Waals surface area contributed by atoms with Crippen LogP contribution in [0.1, 0.15) is 6.92 Å². The Kier molecular flexibility index (Phi) is 6.95. The Hall–Kier alpha value is -1.98. The second-order valence-corrected chi connectivity index (χ2v) is 9.43. The number of amides is 1. The Morgan fingerprint density at radius 1 is 0.815 bits per heavy atom. The van der Waals surface area contributed by atoms with Crippen molar-refractivity contribution in [1.82, 2.24) is 9.44 Å². The van der Waals surface area contributed by atoms with E-state index in [1.54, 1.807) is 0 Å². The van der Waals surface area contributed by atoms with Gasteiger partial charge in [0.25, 0.3) is 0 Å². The van der Waals surface area contributed by atoms with Crippen LogP contribution in [0.25, 0.3) is 0 Å². The first-order valence-corrected chi connectivity index (χ1v) is 11.1. The summed E-state index contributed by atoms with van der Waals surface area (Å²) in [6.07, 6.45) is 0. The van der Waals surface area contributed by atoms with Gasteiger partial charge in [0.2, 0.25) is 26.0 Å². The molecule has 0 aromatic heterocycles. The Labute approximate surface area is 163 Å². The van der Waals surface area contributed by atoms with Crippen LogP contribution in [0, 0.1) is 0 Å². The molecule has 0 saturated carbocycles. The van der Waals surface area contributed by atoms with Crippen molar-refractivity contribution in [2.45, 2.75) is 16.7 Å². The van der Waals surface area contributed by atoms with Crippen molar-refractivity contribution in [3.8, 4) is 0 Å². The molecule has 0 spiro atoms. The maximum Gasteiger partial charge on any atom is 0.240 e. The summed E-state index contributed by atoms with van der Waals surface area (Å²) in [5, 5.41) is 2.94. The molecule has 0 aliphatic rings. The number of rotatable bonds is 8. The number of carbonyl (C=O) groups is 1. The van der Waals surface area contributed by atoms with E-state index in [0.29, 0.717) is 10.7 Å². The van der Waals surface area contributed by atoms with Crippen molar-refractivity contribution in [2.75, 3.05) is 18.4 Å². The highest BCUT2D eigenvalue weighted by Crippen LogP contribution is 2.15. The predicted octanol–water partition coefficient (Wildman–Crippen LogP) is 1.56. The number of sulfonamides is 2. The largest absolute Gasteiger partial charge is 0.326 e. The zero-order valence-electron chi connectivity index (χ0n) is 14.3. The molecule has 2 aromatic carbocycles. The van der Waals surface area contributed by atoms with Crippen LogP contribution in [0.2, 0.25) is 5.02 Å². The highest BCUT2D eigenvalue weighted by Gasteiger charge is 2.16. The fourth-order valence-corrected chi connectivity index (χ4v) is 4.26. The Balaban J connectivity index is 1.91. The van der Waals surface area contributed by atoms with Crippen LogP contribution in [0.4, 0.5) is 5.69 Å². The lowest BCUT2D eigenvalue weighted by molar-refractivity contribution is -0.114. The second kappa shape index (κ2) is 8.81. The molecular weight excluding hydrogens is 414 g/mol. The first-order valence-electron chi connectivity index (χ1n) is 7.73. The van der Waals surface area contributed by atoms with Gasteiger partial charge in [-0.15, -0.1) is 0 Å². The normalized spacial score (nSPS) is 11.9. The maximum absolute atomic E-state index is 12.2. The molecule has 0 fully saturated rings. The molecule has 3 N–H and O–H groups in total. The van der Waals surface area contributed by atoms with Crippen LogP contribution in [0.3, 0.4) is 0 Å². The molecule has 0 bridgehead atoms. The van der Waals surface area contributed by atoms with Crippen LogP contribution >= 0.6 is 11.6 Å². The third-order valence-corrected chi connectivity index (χ3v) is 6.52. The molecule has 0 radical (unpaired) electrons. The minimum absolute atomic E-state index is 0.00263. The van der Waals surface area contributed by atoms with Gasteiger partial charge in [-0.1, -0.05) is 11.6 Å². The Morgan fingerprint density at radius 3 is 1.63 bits per heavy atom. The highest BCUT2D eigenvalue weighted by molar-refractivity contribution is 7.89. The summed E-state index contributed by atoms with van der Waals surface area (Å²) < 4.78 is 53.2. The van der Waals surface area contributed by atoms with E-state index >= 15 is 0 Å².